The van der Waals surface area contributed by atoms with Crippen molar-refractivity contribution in [3.63, 3.8) is 0 Å². The molecule has 0 saturated heterocycles. The van der Waals surface area contributed by atoms with Crippen molar-refractivity contribution in [2.24, 2.45) is 0 Å². The summed E-state index contributed by atoms with van der Waals surface area (Å²) >= 11 is 0. The largest absolute Gasteiger partial charge is 0.352 e. The molecule has 2 N–H and O–H groups in total. The SMILES string of the molecule is CC(=O)NC(CC(=O)NCc1ccc2ccccc2c1)c1ccc(C)cc1. The van der Waals surface area contributed by atoms with Crippen molar-refractivity contribution < 1.29 is 9.59 Å². The van der Waals surface area contributed by atoms with Crippen LogP contribution in [0.1, 0.15) is 36.1 Å². The lowest BCUT2D eigenvalue weighted by Crippen LogP contribution is -2.32. The van der Waals surface area contributed by atoms with Gasteiger partial charge in [-0.25, -0.2) is 0 Å². The molecule has 3 aromatic carbocycles. The zero-order chi connectivity index (χ0) is 19.2. The van der Waals surface area contributed by atoms with Gasteiger partial charge in [-0.1, -0.05) is 66.2 Å². The summed E-state index contributed by atoms with van der Waals surface area (Å²) in [6.07, 6.45) is 0.205. The fraction of sp³-hybridized carbons (Fsp3) is 0.217. The number of benzene rings is 3. The smallest absolute Gasteiger partial charge is 0.222 e. The maximum Gasteiger partial charge on any atom is 0.222 e. The molecule has 0 aromatic heterocycles. The summed E-state index contributed by atoms with van der Waals surface area (Å²) < 4.78 is 0. The summed E-state index contributed by atoms with van der Waals surface area (Å²) in [5.74, 6) is -0.245. The monoisotopic (exact) mass is 360 g/mol. The average molecular weight is 360 g/mol. The summed E-state index contributed by atoms with van der Waals surface area (Å²) in [7, 11) is 0. The molecule has 27 heavy (non-hydrogen) atoms. The minimum atomic E-state index is -0.334. The molecule has 4 nitrogen and oxygen atoms in total. The highest BCUT2D eigenvalue weighted by Crippen LogP contribution is 2.18. The van der Waals surface area contributed by atoms with Crippen LogP contribution < -0.4 is 10.6 Å². The van der Waals surface area contributed by atoms with Crippen molar-refractivity contribution in [3.05, 3.63) is 83.4 Å². The molecule has 3 rings (SSSR count). The van der Waals surface area contributed by atoms with Crippen LogP contribution in [-0.4, -0.2) is 11.8 Å². The first-order valence-electron chi connectivity index (χ1n) is 9.09. The minimum Gasteiger partial charge on any atom is -0.352 e. The predicted octanol–water partition coefficient (Wildman–Crippen LogP) is 4.03. The molecule has 1 atom stereocenters. The van der Waals surface area contributed by atoms with Crippen LogP contribution in [0.3, 0.4) is 0 Å². The number of fused-ring (bicyclic) bond motifs is 1. The van der Waals surface area contributed by atoms with Gasteiger partial charge in [-0.05, 0) is 34.9 Å². The number of rotatable bonds is 6. The Labute approximate surface area is 159 Å². The molecule has 2 amide bonds. The first kappa shape index (κ1) is 18.6. The third kappa shape index (κ3) is 5.17. The van der Waals surface area contributed by atoms with Crippen molar-refractivity contribution in [2.75, 3.05) is 0 Å². The Morgan fingerprint density at radius 2 is 1.63 bits per heavy atom. The van der Waals surface area contributed by atoms with Crippen molar-refractivity contribution in [1.29, 1.82) is 0 Å². The Bertz CT molecular complexity index is 948. The molecule has 4 heteroatoms. The Morgan fingerprint density at radius 1 is 0.926 bits per heavy atom. The molecule has 0 aliphatic rings. The lowest BCUT2D eigenvalue weighted by atomic mass is 10.0. The molecule has 0 bridgehead atoms. The van der Waals surface area contributed by atoms with Gasteiger partial charge < -0.3 is 10.6 Å². The molecule has 0 heterocycles. The molecule has 0 saturated carbocycles. The minimum absolute atomic E-state index is 0.0949. The number of hydrogen-bond acceptors (Lipinski definition) is 2. The molecule has 0 aliphatic heterocycles. The fourth-order valence-corrected chi connectivity index (χ4v) is 3.10. The van der Waals surface area contributed by atoms with Crippen LogP contribution in [0.15, 0.2) is 66.7 Å². The number of carbonyl (C=O) groups is 2. The van der Waals surface area contributed by atoms with E-state index in [0.717, 1.165) is 22.1 Å². The van der Waals surface area contributed by atoms with Gasteiger partial charge in [0.05, 0.1) is 12.5 Å². The van der Waals surface area contributed by atoms with Crippen LogP contribution in [0, 0.1) is 6.92 Å². The normalized spacial score (nSPS) is 11.8. The quantitative estimate of drug-likeness (QED) is 0.697. The molecule has 0 aliphatic carbocycles. The van der Waals surface area contributed by atoms with Crippen LogP contribution in [-0.2, 0) is 16.1 Å². The standard InChI is InChI=1S/C23H24N2O2/c1-16-7-10-20(11-8-16)22(25-17(2)26)14-23(27)24-15-18-9-12-19-5-3-4-6-21(19)13-18/h3-13,22H,14-15H2,1-2H3,(H,24,27)(H,25,26). The summed E-state index contributed by atoms with van der Waals surface area (Å²) in [5, 5.41) is 8.16. The van der Waals surface area contributed by atoms with Crippen LogP contribution in [0.5, 0.6) is 0 Å². The third-order valence-electron chi connectivity index (χ3n) is 4.55. The van der Waals surface area contributed by atoms with E-state index in [0.29, 0.717) is 6.54 Å². The Balaban J connectivity index is 1.64. The number of nitrogens with one attached hydrogen (secondary N) is 2. The van der Waals surface area contributed by atoms with Crippen molar-refractivity contribution in [3.8, 4) is 0 Å². The van der Waals surface area contributed by atoms with Crippen LogP contribution >= 0.6 is 0 Å². The molecule has 138 valence electrons. The Hall–Kier alpha value is -3.14. The van der Waals surface area contributed by atoms with Crippen LogP contribution in [0.25, 0.3) is 10.8 Å². The van der Waals surface area contributed by atoms with E-state index in [1.54, 1.807) is 0 Å². The predicted molar refractivity (Wildman–Crippen MR) is 108 cm³/mol. The van der Waals surface area contributed by atoms with Gasteiger partial charge in [-0.3, -0.25) is 9.59 Å². The van der Waals surface area contributed by atoms with Gasteiger partial charge in [0.15, 0.2) is 0 Å². The highest BCUT2D eigenvalue weighted by atomic mass is 16.2. The molecular weight excluding hydrogens is 336 g/mol. The van der Waals surface area contributed by atoms with Gasteiger partial charge in [0.25, 0.3) is 0 Å². The molecular formula is C23H24N2O2. The lowest BCUT2D eigenvalue weighted by Gasteiger charge is -2.18. The first-order valence-corrected chi connectivity index (χ1v) is 9.09. The lowest BCUT2D eigenvalue weighted by molar-refractivity contribution is -0.122. The average Bonchev–Trinajstić information content (AvgIpc) is 2.66. The Morgan fingerprint density at radius 3 is 2.33 bits per heavy atom. The second-order valence-electron chi connectivity index (χ2n) is 6.83. The van der Waals surface area contributed by atoms with E-state index in [9.17, 15) is 9.59 Å². The van der Waals surface area contributed by atoms with E-state index in [1.807, 2.05) is 49.4 Å². The zero-order valence-corrected chi connectivity index (χ0v) is 15.7. The highest BCUT2D eigenvalue weighted by Gasteiger charge is 2.17. The van der Waals surface area contributed by atoms with Gasteiger partial charge >= 0.3 is 0 Å². The number of carbonyl (C=O) groups excluding carboxylic acids is 2. The molecule has 0 fully saturated rings. The number of aryl methyl sites for hydroxylation is 1. The Kier molecular flexibility index (Phi) is 5.87. The van der Waals surface area contributed by atoms with E-state index < -0.39 is 0 Å². The summed E-state index contributed by atoms with van der Waals surface area (Å²) in [5.41, 5.74) is 3.12. The van der Waals surface area contributed by atoms with Crippen molar-refractivity contribution in [1.82, 2.24) is 10.6 Å². The zero-order valence-electron chi connectivity index (χ0n) is 15.7. The van der Waals surface area contributed by atoms with Gasteiger partial charge in [0.2, 0.25) is 11.8 Å². The highest BCUT2D eigenvalue weighted by molar-refractivity contribution is 5.83. The molecule has 0 spiro atoms. The van der Waals surface area contributed by atoms with Crippen LogP contribution in [0.4, 0.5) is 0 Å². The van der Waals surface area contributed by atoms with E-state index in [-0.39, 0.29) is 24.3 Å². The van der Waals surface area contributed by atoms with E-state index in [2.05, 4.69) is 34.9 Å². The maximum absolute atomic E-state index is 12.4. The van der Waals surface area contributed by atoms with Gasteiger partial charge in [0, 0.05) is 13.5 Å². The molecule has 0 radical (unpaired) electrons. The number of amides is 2. The molecule has 3 aromatic rings. The molecule has 1 unspecified atom stereocenters. The van der Waals surface area contributed by atoms with Crippen molar-refractivity contribution >= 4 is 22.6 Å². The summed E-state index contributed by atoms with van der Waals surface area (Å²) in [4.78, 5) is 24.0. The number of hydrogen-bond donors (Lipinski definition) is 2. The van der Waals surface area contributed by atoms with Crippen molar-refractivity contribution in [2.45, 2.75) is 32.9 Å². The second kappa shape index (κ2) is 8.49. The first-order chi connectivity index (χ1) is 13.0. The van der Waals surface area contributed by atoms with E-state index in [4.69, 9.17) is 0 Å². The van der Waals surface area contributed by atoms with Gasteiger partial charge in [0.1, 0.15) is 0 Å². The topological polar surface area (TPSA) is 58.2 Å². The maximum atomic E-state index is 12.4. The van der Waals surface area contributed by atoms with Gasteiger partial charge in [-0.15, -0.1) is 0 Å². The third-order valence-corrected chi connectivity index (χ3v) is 4.55. The van der Waals surface area contributed by atoms with Gasteiger partial charge in [-0.2, -0.15) is 0 Å². The summed E-state index contributed by atoms with van der Waals surface area (Å²) in [6, 6.07) is 21.8. The van der Waals surface area contributed by atoms with E-state index >= 15 is 0 Å². The second-order valence-corrected chi connectivity index (χ2v) is 6.83. The van der Waals surface area contributed by atoms with Crippen LogP contribution in [0.2, 0.25) is 0 Å². The fourth-order valence-electron chi connectivity index (χ4n) is 3.10. The van der Waals surface area contributed by atoms with E-state index in [1.165, 1.54) is 12.3 Å². The summed E-state index contributed by atoms with van der Waals surface area (Å²) in [6.45, 7) is 3.94.